The van der Waals surface area contributed by atoms with Crippen LogP contribution < -0.4 is 0 Å². The molecular weight excluding hydrogens is 259 g/mol. The third-order valence-corrected chi connectivity index (χ3v) is 3.70. The highest BCUT2D eigenvalue weighted by atomic mass is 35.5. The van der Waals surface area contributed by atoms with Gasteiger partial charge in [-0.2, -0.15) is 0 Å². The van der Waals surface area contributed by atoms with Crippen molar-refractivity contribution in [2.24, 2.45) is 5.92 Å². The van der Waals surface area contributed by atoms with E-state index in [1.807, 2.05) is 6.07 Å². The molecule has 1 heterocycles. The molecule has 0 radical (unpaired) electrons. The Labute approximate surface area is 111 Å². The normalized spacial score (nSPS) is 21.7. The molecule has 1 aliphatic rings. The van der Waals surface area contributed by atoms with Gasteiger partial charge in [0.1, 0.15) is 0 Å². The van der Waals surface area contributed by atoms with Crippen LogP contribution in [-0.4, -0.2) is 24.4 Å². The number of rotatable bonds is 4. The summed E-state index contributed by atoms with van der Waals surface area (Å²) < 4.78 is 5.29. The molecule has 1 aliphatic heterocycles. The summed E-state index contributed by atoms with van der Waals surface area (Å²) in [7, 11) is 0. The topological polar surface area (TPSA) is 29.5 Å². The van der Waals surface area contributed by atoms with Crippen molar-refractivity contribution >= 4 is 23.2 Å². The largest absolute Gasteiger partial charge is 0.393 e. The molecule has 1 fully saturated rings. The summed E-state index contributed by atoms with van der Waals surface area (Å²) in [4.78, 5) is 0. The van der Waals surface area contributed by atoms with Crippen molar-refractivity contribution in [3.05, 3.63) is 33.8 Å². The Bertz CT molecular complexity index is 376. The molecule has 0 bridgehead atoms. The predicted molar refractivity (Wildman–Crippen MR) is 69.7 cm³/mol. The summed E-state index contributed by atoms with van der Waals surface area (Å²) in [6.07, 6.45) is 1.98. The van der Waals surface area contributed by atoms with E-state index in [4.69, 9.17) is 27.9 Å². The van der Waals surface area contributed by atoms with E-state index >= 15 is 0 Å². The summed E-state index contributed by atoms with van der Waals surface area (Å²) >= 11 is 12.0. The molecule has 17 heavy (non-hydrogen) atoms. The zero-order chi connectivity index (χ0) is 12.3. The minimum atomic E-state index is -0.377. The van der Waals surface area contributed by atoms with Crippen molar-refractivity contribution in [2.75, 3.05) is 13.2 Å². The minimum absolute atomic E-state index is 0.377. The first-order valence-electron chi connectivity index (χ1n) is 5.85. The Kier molecular flexibility index (Phi) is 4.69. The average Bonchev–Trinajstić information content (AvgIpc) is 2.76. The van der Waals surface area contributed by atoms with Crippen LogP contribution in [0.25, 0.3) is 0 Å². The van der Waals surface area contributed by atoms with Crippen LogP contribution in [0.15, 0.2) is 18.2 Å². The third kappa shape index (κ3) is 3.85. The molecule has 1 aromatic rings. The van der Waals surface area contributed by atoms with E-state index in [1.54, 1.807) is 12.1 Å². The smallest absolute Gasteiger partial charge is 0.0584 e. The number of ether oxygens (including phenoxy) is 1. The first-order chi connectivity index (χ1) is 8.15. The first-order valence-corrected chi connectivity index (χ1v) is 6.60. The molecule has 94 valence electrons. The molecule has 1 saturated heterocycles. The highest BCUT2D eigenvalue weighted by Crippen LogP contribution is 2.25. The van der Waals surface area contributed by atoms with E-state index in [0.717, 1.165) is 31.6 Å². The van der Waals surface area contributed by atoms with Crippen molar-refractivity contribution < 1.29 is 9.84 Å². The Morgan fingerprint density at radius 3 is 2.94 bits per heavy atom. The van der Waals surface area contributed by atoms with Gasteiger partial charge in [0.05, 0.1) is 6.10 Å². The molecule has 2 nitrogen and oxygen atoms in total. The van der Waals surface area contributed by atoms with Gasteiger partial charge >= 0.3 is 0 Å². The van der Waals surface area contributed by atoms with E-state index in [9.17, 15) is 5.11 Å². The van der Waals surface area contributed by atoms with E-state index in [1.165, 1.54) is 0 Å². The van der Waals surface area contributed by atoms with Gasteiger partial charge in [0.2, 0.25) is 0 Å². The SMILES string of the molecule is OC(Cc1cc(Cl)ccc1Cl)CC1CCOC1. The lowest BCUT2D eigenvalue weighted by atomic mass is 9.96. The fourth-order valence-electron chi connectivity index (χ4n) is 2.19. The molecule has 1 aromatic carbocycles. The number of aliphatic hydroxyl groups is 1. The number of hydrogen-bond donors (Lipinski definition) is 1. The molecule has 0 aromatic heterocycles. The predicted octanol–water partition coefficient (Wildman–Crippen LogP) is 3.32. The Morgan fingerprint density at radius 2 is 2.24 bits per heavy atom. The van der Waals surface area contributed by atoms with Gasteiger partial charge < -0.3 is 9.84 Å². The number of aliphatic hydroxyl groups excluding tert-OH is 1. The van der Waals surface area contributed by atoms with Gasteiger partial charge in [0.25, 0.3) is 0 Å². The summed E-state index contributed by atoms with van der Waals surface area (Å²) in [5.74, 6) is 0.475. The van der Waals surface area contributed by atoms with Crippen molar-refractivity contribution in [3.63, 3.8) is 0 Å². The second-order valence-electron chi connectivity index (χ2n) is 4.56. The van der Waals surface area contributed by atoms with Crippen LogP contribution in [0.5, 0.6) is 0 Å². The Morgan fingerprint density at radius 1 is 1.41 bits per heavy atom. The summed E-state index contributed by atoms with van der Waals surface area (Å²) in [6.45, 7) is 1.58. The molecule has 2 unspecified atom stereocenters. The maximum atomic E-state index is 10.0. The van der Waals surface area contributed by atoms with Gasteiger partial charge in [-0.3, -0.25) is 0 Å². The zero-order valence-electron chi connectivity index (χ0n) is 9.53. The van der Waals surface area contributed by atoms with E-state index < -0.39 is 0 Å². The molecule has 2 rings (SSSR count). The van der Waals surface area contributed by atoms with E-state index in [2.05, 4.69) is 0 Å². The van der Waals surface area contributed by atoms with Crippen LogP contribution in [-0.2, 0) is 11.2 Å². The molecule has 0 aliphatic carbocycles. The summed E-state index contributed by atoms with van der Waals surface area (Å²) in [5.41, 5.74) is 0.908. The monoisotopic (exact) mass is 274 g/mol. The van der Waals surface area contributed by atoms with Crippen molar-refractivity contribution in [2.45, 2.75) is 25.4 Å². The fraction of sp³-hybridized carbons (Fsp3) is 0.538. The van der Waals surface area contributed by atoms with Crippen molar-refractivity contribution in [3.8, 4) is 0 Å². The highest BCUT2D eigenvalue weighted by molar-refractivity contribution is 6.33. The number of benzene rings is 1. The second-order valence-corrected chi connectivity index (χ2v) is 5.40. The van der Waals surface area contributed by atoms with Crippen LogP contribution in [0, 0.1) is 5.92 Å². The van der Waals surface area contributed by atoms with Crippen LogP contribution in [0.4, 0.5) is 0 Å². The van der Waals surface area contributed by atoms with Crippen molar-refractivity contribution in [1.82, 2.24) is 0 Å². The maximum Gasteiger partial charge on any atom is 0.0584 e. The molecule has 0 saturated carbocycles. The van der Waals surface area contributed by atoms with Gasteiger partial charge in [-0.25, -0.2) is 0 Å². The molecule has 0 amide bonds. The van der Waals surface area contributed by atoms with Gasteiger partial charge in [-0.15, -0.1) is 0 Å². The lowest BCUT2D eigenvalue weighted by molar-refractivity contribution is 0.129. The fourth-order valence-corrected chi connectivity index (χ4v) is 2.58. The summed E-state index contributed by atoms with van der Waals surface area (Å²) in [6, 6.07) is 5.34. The first kappa shape index (κ1) is 13.2. The lowest BCUT2D eigenvalue weighted by Crippen LogP contribution is -2.16. The number of hydrogen-bond acceptors (Lipinski definition) is 2. The Balaban J connectivity index is 1.92. The van der Waals surface area contributed by atoms with Gasteiger partial charge in [0.15, 0.2) is 0 Å². The molecular formula is C13H16Cl2O2. The van der Waals surface area contributed by atoms with Crippen LogP contribution in [0.1, 0.15) is 18.4 Å². The second kappa shape index (κ2) is 6.05. The quantitative estimate of drug-likeness (QED) is 0.913. The van der Waals surface area contributed by atoms with E-state index in [-0.39, 0.29) is 6.10 Å². The van der Waals surface area contributed by atoms with Gasteiger partial charge in [0, 0.05) is 23.3 Å². The van der Waals surface area contributed by atoms with Gasteiger partial charge in [-0.05, 0) is 48.9 Å². The molecule has 0 spiro atoms. The third-order valence-electron chi connectivity index (χ3n) is 3.09. The maximum absolute atomic E-state index is 10.0. The highest BCUT2D eigenvalue weighted by Gasteiger charge is 2.20. The minimum Gasteiger partial charge on any atom is -0.393 e. The lowest BCUT2D eigenvalue weighted by Gasteiger charge is -2.15. The summed E-state index contributed by atoms with van der Waals surface area (Å²) in [5, 5.41) is 11.3. The van der Waals surface area contributed by atoms with Crippen LogP contribution in [0.3, 0.4) is 0 Å². The standard InChI is InChI=1S/C13H16Cl2O2/c14-11-1-2-13(15)10(6-11)7-12(16)5-9-3-4-17-8-9/h1-2,6,9,12,16H,3-5,7-8H2. The van der Waals surface area contributed by atoms with E-state index in [0.29, 0.717) is 22.4 Å². The number of halogens is 2. The molecule has 2 atom stereocenters. The zero-order valence-corrected chi connectivity index (χ0v) is 11.0. The average molecular weight is 275 g/mol. The van der Waals surface area contributed by atoms with Gasteiger partial charge in [-0.1, -0.05) is 23.2 Å². The Hall–Kier alpha value is -0.280. The van der Waals surface area contributed by atoms with Crippen molar-refractivity contribution in [1.29, 1.82) is 0 Å². The molecule has 4 heteroatoms. The van der Waals surface area contributed by atoms with Crippen LogP contribution in [0.2, 0.25) is 10.0 Å². The van der Waals surface area contributed by atoms with Crippen LogP contribution >= 0.6 is 23.2 Å². The molecule has 1 N–H and O–H groups in total.